The quantitative estimate of drug-likeness (QED) is 0.246. The predicted molar refractivity (Wildman–Crippen MR) is 194 cm³/mol. The van der Waals surface area contributed by atoms with Gasteiger partial charge in [-0.2, -0.15) is 0 Å². The number of ether oxygens (including phenoxy) is 1. The average molecular weight is 729 g/mol. The van der Waals surface area contributed by atoms with Crippen LogP contribution in [0.1, 0.15) is 57.8 Å². The summed E-state index contributed by atoms with van der Waals surface area (Å²) < 4.78 is 35.5. The van der Waals surface area contributed by atoms with Crippen LogP contribution in [0.15, 0.2) is 66.7 Å². The molecule has 4 heterocycles. The van der Waals surface area contributed by atoms with Crippen LogP contribution in [0.2, 0.25) is 0 Å². The molecule has 4 aliphatic rings. The first-order valence-corrected chi connectivity index (χ1v) is 20.0. The number of para-hydroxylation sites is 2. The molecule has 12 nitrogen and oxygen atoms in total. The molecular weight excluding hydrogens is 689 g/mol. The highest BCUT2D eigenvalue weighted by Crippen LogP contribution is 2.46. The minimum atomic E-state index is -3.85. The van der Waals surface area contributed by atoms with E-state index in [2.05, 4.69) is 16.1 Å². The Morgan fingerprint density at radius 3 is 2.57 bits per heavy atom. The molecule has 51 heavy (non-hydrogen) atoms. The number of carbonyl (C=O) groups is 3. The predicted octanol–water partition coefficient (Wildman–Crippen LogP) is 4.19. The van der Waals surface area contributed by atoms with E-state index in [1.807, 2.05) is 60.7 Å². The summed E-state index contributed by atoms with van der Waals surface area (Å²) in [6.45, 7) is 0.0730. The summed E-state index contributed by atoms with van der Waals surface area (Å²) in [7, 11) is -3.85. The van der Waals surface area contributed by atoms with E-state index in [0.29, 0.717) is 41.9 Å². The highest BCUT2D eigenvalue weighted by molar-refractivity contribution is 7.91. The molecule has 2 saturated carbocycles. The van der Waals surface area contributed by atoms with Gasteiger partial charge in [-0.25, -0.2) is 18.4 Å². The number of rotatable bonds is 6. The van der Waals surface area contributed by atoms with Crippen molar-refractivity contribution in [3.63, 3.8) is 0 Å². The van der Waals surface area contributed by atoms with Gasteiger partial charge in [0.2, 0.25) is 27.7 Å². The van der Waals surface area contributed by atoms with E-state index in [-0.39, 0.29) is 31.2 Å². The van der Waals surface area contributed by atoms with E-state index in [0.717, 1.165) is 40.6 Å². The maximum Gasteiger partial charge on any atom is 0.259 e. The number of thiophene rings is 1. The zero-order chi connectivity index (χ0) is 35.3. The Hall–Kier alpha value is -4.40. The number of aromatic nitrogens is 2. The van der Waals surface area contributed by atoms with Crippen LogP contribution in [0.5, 0.6) is 5.88 Å². The molecule has 1 saturated heterocycles. The van der Waals surface area contributed by atoms with Gasteiger partial charge in [0.1, 0.15) is 23.4 Å². The number of nitrogens with one attached hydrogen (secondary N) is 2. The summed E-state index contributed by atoms with van der Waals surface area (Å²) in [5.74, 6) is -1.76. The van der Waals surface area contributed by atoms with E-state index in [1.165, 1.54) is 4.90 Å². The number of hydrogen-bond donors (Lipinski definition) is 3. The lowest BCUT2D eigenvalue weighted by molar-refractivity contribution is -0.140. The smallest absolute Gasteiger partial charge is 0.259 e. The third-order valence-electron chi connectivity index (χ3n) is 10.4. The zero-order valence-electron chi connectivity index (χ0n) is 28.0. The van der Waals surface area contributed by atoms with Gasteiger partial charge in [-0.15, -0.1) is 11.3 Å². The molecule has 5 atom stereocenters. The van der Waals surface area contributed by atoms with Crippen LogP contribution in [0.25, 0.3) is 31.7 Å². The number of benzene rings is 2. The molecule has 2 aromatic carbocycles. The first-order valence-electron chi connectivity index (χ1n) is 17.6. The van der Waals surface area contributed by atoms with Gasteiger partial charge in [-0.1, -0.05) is 55.3 Å². The second kappa shape index (κ2) is 13.3. The lowest BCUT2D eigenvalue weighted by Gasteiger charge is -2.28. The Labute approximate surface area is 299 Å². The van der Waals surface area contributed by atoms with Gasteiger partial charge >= 0.3 is 0 Å². The van der Waals surface area contributed by atoms with Crippen LogP contribution in [0, 0.1) is 5.92 Å². The van der Waals surface area contributed by atoms with Crippen molar-refractivity contribution in [3.8, 4) is 16.5 Å². The van der Waals surface area contributed by atoms with Gasteiger partial charge in [-0.05, 0) is 68.2 Å². The van der Waals surface area contributed by atoms with Crippen molar-refractivity contribution in [2.45, 2.75) is 86.8 Å². The lowest BCUT2D eigenvalue weighted by atomic mass is 10.1. The van der Waals surface area contributed by atoms with Gasteiger partial charge < -0.3 is 20.7 Å². The van der Waals surface area contributed by atoms with E-state index < -0.39 is 50.8 Å². The van der Waals surface area contributed by atoms with Gasteiger partial charge in [0, 0.05) is 17.0 Å². The van der Waals surface area contributed by atoms with Crippen molar-refractivity contribution in [1.82, 2.24) is 24.9 Å². The Balaban J connectivity index is 1.11. The summed E-state index contributed by atoms with van der Waals surface area (Å²) >= 11 is 1.57. The van der Waals surface area contributed by atoms with Crippen LogP contribution in [0.3, 0.4) is 0 Å². The molecule has 0 radical (unpaired) electrons. The molecule has 2 aliphatic carbocycles. The number of carbonyl (C=O) groups excluding carboxylic acids is 3. The Morgan fingerprint density at radius 2 is 1.78 bits per heavy atom. The van der Waals surface area contributed by atoms with Gasteiger partial charge in [0.15, 0.2) is 0 Å². The molecule has 0 unspecified atom stereocenters. The molecular formula is C37H40N6O6S2. The lowest BCUT2D eigenvalue weighted by Crippen LogP contribution is -2.57. The van der Waals surface area contributed by atoms with Crippen LogP contribution < -0.4 is 20.5 Å². The Bertz CT molecular complexity index is 2130. The van der Waals surface area contributed by atoms with Crippen LogP contribution >= 0.6 is 11.3 Å². The standard InChI is InChI=1S/C37H40N6O6S2/c38-26-12-5-3-1-2-4-11-23-20-37(23,36(46)42-51(47,48)25-16-17-25)41-33(44)29-19-24(21-43(29)35(26)45)49-34-32(39-27-13-7-8-14-28(27)40-34)31-18-22-10-6-9-15-30(22)50-31/h4,6-11,13-15,18,23-26,29H,1-3,5,12,16-17,19-21,38H2,(H,41,44)(H,42,46)/t23-,24-,26+,29+,37-/m1/s1. The maximum absolute atomic E-state index is 14.2. The SMILES string of the molecule is N[C@H]1CCCCCC=C[C@@H]2C[C@@]2(C(=O)NS(=O)(=O)C2CC2)NC(=O)[C@@H]2C[C@@H](Oc3nc4ccccc4nc3-c3cc4ccccc4s3)CN2C1=O. The molecule has 2 aliphatic heterocycles. The van der Waals surface area contributed by atoms with Crippen molar-refractivity contribution in [2.24, 2.45) is 11.7 Å². The van der Waals surface area contributed by atoms with E-state index in [9.17, 15) is 22.8 Å². The fraction of sp³-hybridized carbons (Fsp3) is 0.432. The van der Waals surface area contributed by atoms with Crippen molar-refractivity contribution >= 4 is 60.2 Å². The third kappa shape index (κ3) is 6.72. The van der Waals surface area contributed by atoms with Gasteiger partial charge in [0.05, 0.1) is 33.7 Å². The summed E-state index contributed by atoms with van der Waals surface area (Å²) in [5, 5.41) is 3.37. The van der Waals surface area contributed by atoms with E-state index >= 15 is 0 Å². The number of nitrogens with two attached hydrogens (primary N) is 1. The highest BCUT2D eigenvalue weighted by Gasteiger charge is 2.62. The number of nitrogens with zero attached hydrogens (tertiary/aromatic N) is 3. The fourth-order valence-corrected chi connectivity index (χ4v) is 9.63. The van der Waals surface area contributed by atoms with Crippen LogP contribution in [-0.2, 0) is 24.4 Å². The summed E-state index contributed by atoms with van der Waals surface area (Å²) in [4.78, 5) is 53.9. The molecule has 266 valence electrons. The third-order valence-corrected chi connectivity index (χ3v) is 13.3. The largest absolute Gasteiger partial charge is 0.471 e. The van der Waals surface area contributed by atoms with Gasteiger partial charge in [0.25, 0.3) is 5.91 Å². The second-order valence-corrected chi connectivity index (χ2v) is 17.2. The normalized spacial score (nSPS) is 27.3. The fourth-order valence-electron chi connectivity index (χ4n) is 7.23. The molecule has 0 spiro atoms. The molecule has 2 aromatic heterocycles. The van der Waals surface area contributed by atoms with Gasteiger partial charge in [-0.3, -0.25) is 19.1 Å². The maximum atomic E-state index is 14.2. The first kappa shape index (κ1) is 33.7. The molecule has 14 heteroatoms. The molecule has 8 rings (SSSR count). The summed E-state index contributed by atoms with van der Waals surface area (Å²) in [5.41, 5.74) is 6.91. The van der Waals surface area contributed by atoms with Crippen LogP contribution in [0.4, 0.5) is 0 Å². The van der Waals surface area contributed by atoms with Crippen molar-refractivity contribution in [3.05, 3.63) is 66.7 Å². The molecule has 3 amide bonds. The highest BCUT2D eigenvalue weighted by atomic mass is 32.2. The molecule has 4 N–H and O–H groups in total. The first-order chi connectivity index (χ1) is 24.6. The molecule has 3 fully saturated rings. The number of fused-ring (bicyclic) bond motifs is 4. The summed E-state index contributed by atoms with van der Waals surface area (Å²) in [6.07, 6.45) is 8.34. The summed E-state index contributed by atoms with van der Waals surface area (Å²) in [6, 6.07) is 15.8. The number of hydrogen-bond acceptors (Lipinski definition) is 10. The van der Waals surface area contributed by atoms with Crippen LogP contribution in [-0.4, -0.2) is 76.5 Å². The topological polar surface area (TPSA) is 174 Å². The monoisotopic (exact) mass is 728 g/mol. The Morgan fingerprint density at radius 1 is 1.02 bits per heavy atom. The van der Waals surface area contributed by atoms with E-state index in [4.69, 9.17) is 20.4 Å². The minimum absolute atomic E-state index is 0.0730. The van der Waals surface area contributed by atoms with Crippen molar-refractivity contribution in [2.75, 3.05) is 6.54 Å². The molecule has 4 aromatic rings. The number of sulfonamides is 1. The van der Waals surface area contributed by atoms with Crippen molar-refractivity contribution < 1.29 is 27.5 Å². The minimum Gasteiger partial charge on any atom is -0.471 e. The van der Waals surface area contributed by atoms with Crippen molar-refractivity contribution in [1.29, 1.82) is 0 Å². The molecule has 0 bridgehead atoms. The number of amides is 3. The van der Waals surface area contributed by atoms with E-state index in [1.54, 1.807) is 11.3 Å². The second-order valence-electron chi connectivity index (χ2n) is 14.1. The Kier molecular flexibility index (Phi) is 8.79. The number of allylic oxidation sites excluding steroid dienone is 1. The average Bonchev–Trinajstić information content (AvgIpc) is 4.01. The zero-order valence-corrected chi connectivity index (χ0v) is 29.6.